The molecule has 0 bridgehead atoms. The summed E-state index contributed by atoms with van der Waals surface area (Å²) in [6.45, 7) is 3.12. The van der Waals surface area contributed by atoms with E-state index in [0.29, 0.717) is 0 Å². The van der Waals surface area contributed by atoms with Gasteiger partial charge in [-0.05, 0) is 0 Å². The van der Waals surface area contributed by atoms with E-state index in [2.05, 4.69) is 12.7 Å². The quantitative estimate of drug-likeness (QED) is 0.402. The van der Waals surface area contributed by atoms with Gasteiger partial charge in [0.05, 0.1) is 0 Å². The lowest BCUT2D eigenvalue weighted by Crippen LogP contribution is -1.87. The van der Waals surface area contributed by atoms with Crippen molar-refractivity contribution in [1.29, 1.82) is 0 Å². The molecule has 0 saturated heterocycles. The lowest BCUT2D eigenvalue weighted by molar-refractivity contribution is 0.567. The van der Waals surface area contributed by atoms with Crippen LogP contribution >= 0.6 is 0 Å². The van der Waals surface area contributed by atoms with Crippen molar-refractivity contribution in [2.75, 3.05) is 5.75 Å². The van der Waals surface area contributed by atoms with Crippen LogP contribution in [0.25, 0.3) is 0 Å². The summed E-state index contributed by atoms with van der Waals surface area (Å²) in [6.07, 6.45) is 2.27. The zero-order valence-corrected chi connectivity index (χ0v) is 3.99. The van der Waals surface area contributed by atoms with Gasteiger partial charge in [-0.2, -0.15) is 0 Å². The van der Waals surface area contributed by atoms with Crippen molar-refractivity contribution in [1.82, 2.24) is 0 Å². The number of hydrogen-bond donors (Lipinski definition) is 1. The fraction of sp³-hybridized carbons (Fsp3) is 0.333. The number of hydrogen-bond acceptors (Lipinski definition) is 1. The summed E-state index contributed by atoms with van der Waals surface area (Å²) in [5.41, 5.74) is 0. The maximum absolute atomic E-state index is 9.61. The lowest BCUT2D eigenvalue weighted by atomic mass is 10.8. The normalized spacial score (nSPS) is 12.8. The Kier molecular flexibility index (Phi) is 2.85. The first-order valence-corrected chi connectivity index (χ1v) is 2.62. The van der Waals surface area contributed by atoms with Gasteiger partial charge in [-0.25, -0.2) is 4.21 Å². The standard InChI is InChI=1S/C3H4O2S/c1-2-3-6(4)5/h1,3H2/p+1. The van der Waals surface area contributed by atoms with Gasteiger partial charge in [0.25, 0.3) is 5.75 Å². The first-order chi connectivity index (χ1) is 2.77. The molecule has 0 fully saturated rings. The molecular weight excluding hydrogens is 100 g/mol. The van der Waals surface area contributed by atoms with E-state index in [1.54, 1.807) is 0 Å². The molecule has 1 N–H and O–H groups in total. The minimum absolute atomic E-state index is 0.0417. The molecule has 1 unspecified atom stereocenters. The Labute approximate surface area is 39.2 Å². The van der Waals surface area contributed by atoms with Crippen molar-refractivity contribution in [2.24, 2.45) is 0 Å². The molecule has 0 rings (SSSR count). The predicted molar refractivity (Wildman–Crippen MR) is 24.5 cm³/mol. The molecule has 34 valence electrons. The predicted octanol–water partition coefficient (Wildman–Crippen LogP) is 0.197. The molecule has 0 heterocycles. The Morgan fingerprint density at radius 1 is 2.00 bits per heavy atom. The SMILES string of the molecule is C=[C+]CS(=O)O. The van der Waals surface area contributed by atoms with Crippen molar-refractivity contribution < 1.29 is 8.76 Å². The van der Waals surface area contributed by atoms with E-state index in [-0.39, 0.29) is 5.75 Å². The van der Waals surface area contributed by atoms with Crippen molar-refractivity contribution in [3.8, 4) is 0 Å². The highest BCUT2D eigenvalue weighted by Gasteiger charge is 1.93. The average molecular weight is 105 g/mol. The van der Waals surface area contributed by atoms with E-state index in [1.165, 1.54) is 0 Å². The maximum atomic E-state index is 9.61. The molecule has 0 aromatic heterocycles. The van der Waals surface area contributed by atoms with Gasteiger partial charge in [-0.15, -0.1) is 0 Å². The summed E-state index contributed by atoms with van der Waals surface area (Å²) in [4.78, 5) is 0. The van der Waals surface area contributed by atoms with Crippen LogP contribution in [0.3, 0.4) is 0 Å². The van der Waals surface area contributed by atoms with E-state index in [4.69, 9.17) is 4.55 Å². The molecular formula is C3H5O2S+. The third-order valence-electron chi connectivity index (χ3n) is 0.226. The van der Waals surface area contributed by atoms with E-state index < -0.39 is 11.1 Å². The molecule has 0 radical (unpaired) electrons. The zero-order chi connectivity index (χ0) is 4.99. The highest BCUT2D eigenvalue weighted by molar-refractivity contribution is 7.79. The molecule has 0 amide bonds. The summed E-state index contributed by atoms with van der Waals surface area (Å²) in [6, 6.07) is 0. The average Bonchev–Trinajstić information content (AvgIpc) is 1.35. The number of rotatable bonds is 2. The van der Waals surface area contributed by atoms with Crippen molar-refractivity contribution in [3.05, 3.63) is 12.7 Å². The van der Waals surface area contributed by atoms with Gasteiger partial charge in [0.2, 0.25) is 17.2 Å². The van der Waals surface area contributed by atoms with Crippen molar-refractivity contribution in [3.63, 3.8) is 0 Å². The fourth-order valence-electron chi connectivity index (χ4n) is 0.0873. The first-order valence-electron chi connectivity index (χ1n) is 1.35. The van der Waals surface area contributed by atoms with Gasteiger partial charge in [0.1, 0.15) is 6.58 Å². The van der Waals surface area contributed by atoms with Gasteiger partial charge in [0, 0.05) is 0 Å². The van der Waals surface area contributed by atoms with E-state index >= 15 is 0 Å². The van der Waals surface area contributed by atoms with Gasteiger partial charge in [0.15, 0.2) is 0 Å². The lowest BCUT2D eigenvalue weighted by Gasteiger charge is -1.65. The van der Waals surface area contributed by atoms with Crippen LogP contribution in [0.5, 0.6) is 0 Å². The second kappa shape index (κ2) is 2.97. The Hall–Kier alpha value is -0.240. The van der Waals surface area contributed by atoms with Crippen molar-refractivity contribution in [2.45, 2.75) is 0 Å². The minimum Gasteiger partial charge on any atom is -0.302 e. The highest BCUT2D eigenvalue weighted by atomic mass is 32.2. The molecule has 0 aromatic carbocycles. The van der Waals surface area contributed by atoms with Gasteiger partial charge in [-0.1, -0.05) is 0 Å². The molecule has 0 aliphatic carbocycles. The van der Waals surface area contributed by atoms with Crippen LogP contribution in [-0.2, 0) is 11.1 Å². The molecule has 3 heteroatoms. The molecule has 0 aliphatic rings. The fourth-order valence-corrected chi connectivity index (χ4v) is 0.262. The van der Waals surface area contributed by atoms with Gasteiger partial charge in [-0.3, -0.25) is 0 Å². The summed E-state index contributed by atoms with van der Waals surface area (Å²) in [5, 5.41) is 0. The van der Waals surface area contributed by atoms with E-state index in [9.17, 15) is 4.21 Å². The van der Waals surface area contributed by atoms with Crippen LogP contribution in [0.4, 0.5) is 0 Å². The summed E-state index contributed by atoms with van der Waals surface area (Å²) in [7, 11) is 0. The van der Waals surface area contributed by atoms with Crippen LogP contribution < -0.4 is 0 Å². The van der Waals surface area contributed by atoms with Crippen LogP contribution in [0.15, 0.2) is 6.58 Å². The van der Waals surface area contributed by atoms with E-state index in [0.717, 1.165) is 0 Å². The smallest absolute Gasteiger partial charge is 0.264 e. The monoisotopic (exact) mass is 105 g/mol. The van der Waals surface area contributed by atoms with Crippen LogP contribution in [0.2, 0.25) is 0 Å². The second-order valence-electron chi connectivity index (χ2n) is 0.716. The Morgan fingerprint density at radius 3 is 2.50 bits per heavy atom. The molecule has 0 spiro atoms. The molecule has 0 aliphatic heterocycles. The maximum Gasteiger partial charge on any atom is 0.264 e. The van der Waals surface area contributed by atoms with Crippen LogP contribution in [-0.4, -0.2) is 14.5 Å². The zero-order valence-electron chi connectivity index (χ0n) is 3.18. The third-order valence-corrected chi connectivity index (χ3v) is 0.677. The van der Waals surface area contributed by atoms with Gasteiger partial charge < -0.3 is 4.55 Å². The van der Waals surface area contributed by atoms with Crippen LogP contribution in [0, 0.1) is 6.08 Å². The Morgan fingerprint density at radius 2 is 2.50 bits per heavy atom. The Bertz CT molecular complexity index is 69.2. The topological polar surface area (TPSA) is 37.3 Å². The Balaban J connectivity index is 3.05. The molecule has 2 nitrogen and oxygen atoms in total. The largest absolute Gasteiger partial charge is 0.302 e. The van der Waals surface area contributed by atoms with Crippen LogP contribution in [0.1, 0.15) is 0 Å². The van der Waals surface area contributed by atoms with Crippen molar-refractivity contribution >= 4 is 11.1 Å². The summed E-state index contributed by atoms with van der Waals surface area (Å²) < 4.78 is 17.5. The summed E-state index contributed by atoms with van der Waals surface area (Å²) in [5.74, 6) is 0.0417. The highest BCUT2D eigenvalue weighted by Crippen LogP contribution is 1.68. The second-order valence-corrected chi connectivity index (χ2v) is 1.65. The van der Waals surface area contributed by atoms with E-state index in [1.807, 2.05) is 0 Å². The molecule has 0 saturated carbocycles. The first kappa shape index (κ1) is 5.76. The third kappa shape index (κ3) is 3.76. The molecule has 0 aromatic rings. The summed E-state index contributed by atoms with van der Waals surface area (Å²) >= 11 is -1.74. The minimum atomic E-state index is -1.74. The van der Waals surface area contributed by atoms with Gasteiger partial charge >= 0.3 is 0 Å². The molecule has 1 atom stereocenters. The molecule has 6 heavy (non-hydrogen) atoms.